The molecule has 1 atom stereocenters. The average Bonchev–Trinajstić information content (AvgIpc) is 3.10. The third kappa shape index (κ3) is 2.60. The van der Waals surface area contributed by atoms with Gasteiger partial charge in [-0.1, -0.05) is 32.1 Å². The summed E-state index contributed by atoms with van der Waals surface area (Å²) >= 11 is 0. The van der Waals surface area contributed by atoms with Gasteiger partial charge in [0.2, 0.25) is 0 Å². The number of hydrogen-bond acceptors (Lipinski definition) is 2. The highest BCUT2D eigenvalue weighted by atomic mass is 16.3. The maximum atomic E-state index is 10.5. The van der Waals surface area contributed by atoms with E-state index in [4.69, 9.17) is 0 Å². The molecule has 2 aliphatic rings. The Morgan fingerprint density at radius 3 is 2.31 bits per heavy atom. The fourth-order valence-corrected chi connectivity index (χ4v) is 3.31. The van der Waals surface area contributed by atoms with Gasteiger partial charge in [0.15, 0.2) is 0 Å². The van der Waals surface area contributed by atoms with Gasteiger partial charge in [-0.2, -0.15) is 0 Å². The lowest BCUT2D eigenvalue weighted by Gasteiger charge is -2.46. The lowest BCUT2D eigenvalue weighted by molar-refractivity contribution is -0.0369. The molecule has 1 N–H and O–H groups in total. The van der Waals surface area contributed by atoms with Crippen molar-refractivity contribution in [3.8, 4) is 0 Å². The zero-order chi connectivity index (χ0) is 11.6. The number of aliphatic hydroxyl groups is 1. The summed E-state index contributed by atoms with van der Waals surface area (Å²) in [5.74, 6) is 0.942. The van der Waals surface area contributed by atoms with Gasteiger partial charge in [0.1, 0.15) is 0 Å². The van der Waals surface area contributed by atoms with Crippen LogP contribution in [-0.4, -0.2) is 35.7 Å². The molecule has 0 heterocycles. The second-order valence-electron chi connectivity index (χ2n) is 6.10. The van der Waals surface area contributed by atoms with E-state index in [-0.39, 0.29) is 11.6 Å². The van der Waals surface area contributed by atoms with Gasteiger partial charge in [-0.3, -0.25) is 0 Å². The van der Waals surface area contributed by atoms with Crippen LogP contribution < -0.4 is 0 Å². The summed E-state index contributed by atoms with van der Waals surface area (Å²) in [7, 11) is 4.29. The van der Waals surface area contributed by atoms with E-state index in [1.165, 1.54) is 51.4 Å². The Balaban J connectivity index is 1.92. The molecule has 0 bridgehead atoms. The van der Waals surface area contributed by atoms with Gasteiger partial charge in [-0.25, -0.2) is 0 Å². The normalized spacial score (nSPS) is 27.0. The molecule has 0 saturated heterocycles. The standard InChI is InChI=1S/C14H27NO/c1-15(2)14(10-4-3-5-11-14)13(16)9-8-12-6-7-12/h12-13,16H,3-11H2,1-2H3. The Labute approximate surface area is 100 Å². The molecular weight excluding hydrogens is 198 g/mol. The highest BCUT2D eigenvalue weighted by Crippen LogP contribution is 2.39. The zero-order valence-electron chi connectivity index (χ0n) is 10.9. The van der Waals surface area contributed by atoms with Crippen LogP contribution in [-0.2, 0) is 0 Å². The first-order chi connectivity index (χ1) is 7.65. The fraction of sp³-hybridized carbons (Fsp3) is 1.00. The van der Waals surface area contributed by atoms with Crippen molar-refractivity contribution in [1.82, 2.24) is 4.90 Å². The van der Waals surface area contributed by atoms with Crippen LogP contribution in [0, 0.1) is 5.92 Å². The molecule has 0 aromatic rings. The van der Waals surface area contributed by atoms with Crippen molar-refractivity contribution >= 4 is 0 Å². The molecule has 16 heavy (non-hydrogen) atoms. The highest BCUT2D eigenvalue weighted by Gasteiger charge is 2.41. The first kappa shape index (κ1) is 12.4. The summed E-state index contributed by atoms with van der Waals surface area (Å²) in [5, 5.41) is 10.5. The molecule has 1 unspecified atom stereocenters. The van der Waals surface area contributed by atoms with Crippen molar-refractivity contribution in [2.45, 2.75) is 69.4 Å². The lowest BCUT2D eigenvalue weighted by Crippen LogP contribution is -2.54. The molecule has 0 amide bonds. The van der Waals surface area contributed by atoms with Crippen LogP contribution in [0.2, 0.25) is 0 Å². The van der Waals surface area contributed by atoms with Crippen LogP contribution in [0.4, 0.5) is 0 Å². The molecule has 0 radical (unpaired) electrons. The topological polar surface area (TPSA) is 23.5 Å². The minimum absolute atomic E-state index is 0.0904. The van der Waals surface area contributed by atoms with Crippen molar-refractivity contribution in [3.05, 3.63) is 0 Å². The Kier molecular flexibility index (Phi) is 3.91. The van der Waals surface area contributed by atoms with Crippen LogP contribution in [0.5, 0.6) is 0 Å². The number of rotatable bonds is 5. The highest BCUT2D eigenvalue weighted by molar-refractivity contribution is 4.97. The third-order valence-corrected chi connectivity index (χ3v) is 4.78. The Morgan fingerprint density at radius 1 is 1.19 bits per heavy atom. The maximum absolute atomic E-state index is 10.5. The Bertz CT molecular complexity index is 217. The summed E-state index contributed by atoms with van der Waals surface area (Å²) in [6.07, 6.45) is 11.3. The molecular formula is C14H27NO. The summed E-state index contributed by atoms with van der Waals surface area (Å²) in [6.45, 7) is 0. The van der Waals surface area contributed by atoms with E-state index in [9.17, 15) is 5.11 Å². The molecule has 94 valence electrons. The molecule has 0 aliphatic heterocycles. The van der Waals surface area contributed by atoms with E-state index >= 15 is 0 Å². The molecule has 0 aromatic heterocycles. The molecule has 2 rings (SSSR count). The van der Waals surface area contributed by atoms with Crippen LogP contribution in [0.3, 0.4) is 0 Å². The predicted octanol–water partition coefficient (Wildman–Crippen LogP) is 2.80. The van der Waals surface area contributed by atoms with E-state index in [1.807, 2.05) is 0 Å². The second kappa shape index (κ2) is 5.05. The van der Waals surface area contributed by atoms with E-state index in [0.29, 0.717) is 0 Å². The first-order valence-corrected chi connectivity index (χ1v) is 7.01. The van der Waals surface area contributed by atoms with Gasteiger partial charge in [-0.05, 0) is 45.7 Å². The van der Waals surface area contributed by atoms with Gasteiger partial charge in [0, 0.05) is 5.54 Å². The molecule has 2 heteroatoms. The SMILES string of the molecule is CN(C)C1(C(O)CCC2CC2)CCCCC1. The molecule has 0 spiro atoms. The third-order valence-electron chi connectivity index (χ3n) is 4.78. The molecule has 2 saturated carbocycles. The van der Waals surface area contributed by atoms with Gasteiger partial charge < -0.3 is 10.0 Å². The number of likely N-dealkylation sites (N-methyl/N-ethyl adjacent to an activating group) is 1. The van der Waals surface area contributed by atoms with Gasteiger partial charge in [-0.15, -0.1) is 0 Å². The molecule has 2 nitrogen and oxygen atoms in total. The average molecular weight is 225 g/mol. The first-order valence-electron chi connectivity index (χ1n) is 7.01. The minimum atomic E-state index is -0.108. The van der Waals surface area contributed by atoms with E-state index in [1.54, 1.807) is 0 Å². The molecule has 0 aromatic carbocycles. The van der Waals surface area contributed by atoms with Crippen molar-refractivity contribution in [2.75, 3.05) is 14.1 Å². The van der Waals surface area contributed by atoms with Gasteiger partial charge >= 0.3 is 0 Å². The van der Waals surface area contributed by atoms with Gasteiger partial charge in [0.05, 0.1) is 6.10 Å². The molecule has 2 fully saturated rings. The van der Waals surface area contributed by atoms with Crippen LogP contribution >= 0.6 is 0 Å². The predicted molar refractivity (Wildman–Crippen MR) is 67.5 cm³/mol. The fourth-order valence-electron chi connectivity index (χ4n) is 3.31. The minimum Gasteiger partial charge on any atom is -0.391 e. The maximum Gasteiger partial charge on any atom is 0.0723 e. The Hall–Kier alpha value is -0.0800. The summed E-state index contributed by atoms with van der Waals surface area (Å²) in [5.41, 5.74) is 0.0904. The van der Waals surface area contributed by atoms with Crippen molar-refractivity contribution in [2.24, 2.45) is 5.92 Å². The summed E-state index contributed by atoms with van der Waals surface area (Å²) in [6, 6.07) is 0. The lowest BCUT2D eigenvalue weighted by atomic mass is 9.75. The number of nitrogens with zero attached hydrogens (tertiary/aromatic N) is 1. The van der Waals surface area contributed by atoms with Crippen LogP contribution in [0.25, 0.3) is 0 Å². The molecule has 2 aliphatic carbocycles. The largest absolute Gasteiger partial charge is 0.391 e. The van der Waals surface area contributed by atoms with E-state index in [0.717, 1.165) is 12.3 Å². The number of hydrogen-bond donors (Lipinski definition) is 1. The second-order valence-corrected chi connectivity index (χ2v) is 6.10. The zero-order valence-corrected chi connectivity index (χ0v) is 10.9. The smallest absolute Gasteiger partial charge is 0.0723 e. The van der Waals surface area contributed by atoms with E-state index in [2.05, 4.69) is 19.0 Å². The quantitative estimate of drug-likeness (QED) is 0.777. The summed E-state index contributed by atoms with van der Waals surface area (Å²) in [4.78, 5) is 2.30. The van der Waals surface area contributed by atoms with Gasteiger partial charge in [0.25, 0.3) is 0 Å². The van der Waals surface area contributed by atoms with Crippen molar-refractivity contribution in [3.63, 3.8) is 0 Å². The monoisotopic (exact) mass is 225 g/mol. The summed E-state index contributed by atoms with van der Waals surface area (Å²) < 4.78 is 0. The van der Waals surface area contributed by atoms with Crippen LogP contribution in [0.1, 0.15) is 57.8 Å². The van der Waals surface area contributed by atoms with Crippen molar-refractivity contribution < 1.29 is 5.11 Å². The van der Waals surface area contributed by atoms with Crippen LogP contribution in [0.15, 0.2) is 0 Å². The van der Waals surface area contributed by atoms with E-state index < -0.39 is 0 Å². The van der Waals surface area contributed by atoms with Crippen molar-refractivity contribution in [1.29, 1.82) is 0 Å². The number of aliphatic hydroxyl groups excluding tert-OH is 1. The Morgan fingerprint density at radius 2 is 1.81 bits per heavy atom.